The van der Waals surface area contributed by atoms with Gasteiger partial charge < -0.3 is 4.74 Å². The highest BCUT2D eigenvalue weighted by atomic mass is 35.5. The molecule has 2 nitrogen and oxygen atoms in total. The lowest BCUT2D eigenvalue weighted by molar-refractivity contribution is 0.481. The number of nitrogens with zero attached hydrogens (tertiary/aromatic N) is 1. The van der Waals surface area contributed by atoms with E-state index in [1.807, 2.05) is 6.07 Å². The minimum atomic E-state index is 0.314. The Hall–Kier alpha value is -1.69. The maximum absolute atomic E-state index is 8.99. The second-order valence-corrected chi connectivity index (χ2v) is 4.13. The summed E-state index contributed by atoms with van der Waals surface area (Å²) in [4.78, 5) is 0. The lowest BCUT2D eigenvalue weighted by atomic mass is 10.2. The van der Waals surface area contributed by atoms with E-state index in [-0.39, 0.29) is 0 Å². The Morgan fingerprint density at radius 2 is 1.82 bits per heavy atom. The van der Waals surface area contributed by atoms with Crippen LogP contribution in [0.1, 0.15) is 5.56 Å². The van der Waals surface area contributed by atoms with E-state index in [1.54, 1.807) is 42.5 Å². The predicted molar refractivity (Wildman–Crippen MR) is 67.7 cm³/mol. The van der Waals surface area contributed by atoms with Gasteiger partial charge in [0.05, 0.1) is 5.02 Å². The normalized spacial score (nSPS) is 9.71. The molecule has 0 aromatic heterocycles. The second-order valence-electron chi connectivity index (χ2n) is 3.28. The molecule has 0 heterocycles. The van der Waals surface area contributed by atoms with Gasteiger partial charge in [0, 0.05) is 5.02 Å². The molecule has 84 valence electrons. The summed E-state index contributed by atoms with van der Waals surface area (Å²) in [5.41, 5.74) is 0.314. The van der Waals surface area contributed by atoms with Crippen molar-refractivity contribution in [2.24, 2.45) is 0 Å². The average molecular weight is 264 g/mol. The van der Waals surface area contributed by atoms with Crippen LogP contribution in [-0.4, -0.2) is 0 Å². The first-order chi connectivity index (χ1) is 8.20. The zero-order valence-electron chi connectivity index (χ0n) is 8.65. The summed E-state index contributed by atoms with van der Waals surface area (Å²) in [6.45, 7) is 0. The lowest BCUT2D eigenvalue weighted by Gasteiger charge is -2.08. The number of benzene rings is 2. The SMILES string of the molecule is N#Cc1c(Cl)cccc1Oc1cccc(Cl)c1. The van der Waals surface area contributed by atoms with Gasteiger partial charge in [-0.1, -0.05) is 35.3 Å². The topological polar surface area (TPSA) is 33.0 Å². The van der Waals surface area contributed by atoms with Crippen LogP contribution in [0.15, 0.2) is 42.5 Å². The van der Waals surface area contributed by atoms with Gasteiger partial charge in [-0.25, -0.2) is 0 Å². The molecule has 0 saturated carbocycles. The molecule has 17 heavy (non-hydrogen) atoms. The van der Waals surface area contributed by atoms with Crippen molar-refractivity contribution < 1.29 is 4.74 Å². The summed E-state index contributed by atoms with van der Waals surface area (Å²) >= 11 is 11.7. The molecule has 0 radical (unpaired) electrons. The van der Waals surface area contributed by atoms with Crippen molar-refractivity contribution in [3.05, 3.63) is 58.1 Å². The van der Waals surface area contributed by atoms with E-state index in [9.17, 15) is 0 Å². The summed E-state index contributed by atoms with van der Waals surface area (Å²) in [6.07, 6.45) is 0. The average Bonchev–Trinajstić information content (AvgIpc) is 2.29. The molecule has 0 aliphatic rings. The van der Waals surface area contributed by atoms with Gasteiger partial charge in [-0.15, -0.1) is 0 Å². The van der Waals surface area contributed by atoms with E-state index >= 15 is 0 Å². The van der Waals surface area contributed by atoms with Gasteiger partial charge in [0.2, 0.25) is 0 Å². The zero-order chi connectivity index (χ0) is 12.3. The quantitative estimate of drug-likeness (QED) is 0.790. The van der Waals surface area contributed by atoms with Gasteiger partial charge in [-0.3, -0.25) is 0 Å². The summed E-state index contributed by atoms with van der Waals surface area (Å²) in [5.74, 6) is 0.985. The van der Waals surface area contributed by atoms with E-state index in [2.05, 4.69) is 0 Å². The van der Waals surface area contributed by atoms with Crippen LogP contribution in [0.2, 0.25) is 10.0 Å². The first-order valence-corrected chi connectivity index (χ1v) is 5.58. The summed E-state index contributed by atoms with van der Waals surface area (Å²) < 4.78 is 5.57. The number of nitriles is 1. The van der Waals surface area contributed by atoms with Crippen LogP contribution in [0, 0.1) is 11.3 Å². The monoisotopic (exact) mass is 263 g/mol. The van der Waals surface area contributed by atoms with E-state index in [0.717, 1.165) is 0 Å². The smallest absolute Gasteiger partial charge is 0.146 e. The molecule has 0 bridgehead atoms. The fraction of sp³-hybridized carbons (Fsp3) is 0. The molecular formula is C13H7Cl2NO. The molecular weight excluding hydrogens is 257 g/mol. The largest absolute Gasteiger partial charge is 0.456 e. The van der Waals surface area contributed by atoms with Crippen molar-refractivity contribution in [3.63, 3.8) is 0 Å². The second kappa shape index (κ2) is 5.09. The molecule has 0 aliphatic carbocycles. The highest BCUT2D eigenvalue weighted by molar-refractivity contribution is 6.32. The highest BCUT2D eigenvalue weighted by Gasteiger charge is 2.08. The maximum Gasteiger partial charge on any atom is 0.146 e. The van der Waals surface area contributed by atoms with Gasteiger partial charge in [0.1, 0.15) is 23.1 Å². The van der Waals surface area contributed by atoms with Crippen LogP contribution in [0.3, 0.4) is 0 Å². The minimum absolute atomic E-state index is 0.314. The van der Waals surface area contributed by atoms with E-state index < -0.39 is 0 Å². The number of rotatable bonds is 2. The fourth-order valence-electron chi connectivity index (χ4n) is 1.36. The summed E-state index contributed by atoms with van der Waals surface area (Å²) in [6, 6.07) is 14.0. The molecule has 2 aromatic rings. The first-order valence-electron chi connectivity index (χ1n) is 4.83. The number of halogens is 2. The molecule has 0 atom stereocenters. The van der Waals surface area contributed by atoms with Gasteiger partial charge in [0.25, 0.3) is 0 Å². The maximum atomic E-state index is 8.99. The Morgan fingerprint density at radius 3 is 2.53 bits per heavy atom. The fourth-order valence-corrected chi connectivity index (χ4v) is 1.74. The van der Waals surface area contributed by atoms with Crippen molar-refractivity contribution in [2.45, 2.75) is 0 Å². The minimum Gasteiger partial charge on any atom is -0.456 e. The van der Waals surface area contributed by atoms with Gasteiger partial charge in [-0.2, -0.15) is 5.26 Å². The molecule has 0 saturated heterocycles. The van der Waals surface area contributed by atoms with Crippen LogP contribution in [0.25, 0.3) is 0 Å². The van der Waals surface area contributed by atoms with Gasteiger partial charge in [-0.05, 0) is 30.3 Å². The molecule has 4 heteroatoms. The van der Waals surface area contributed by atoms with Gasteiger partial charge in [0.15, 0.2) is 0 Å². The van der Waals surface area contributed by atoms with Crippen LogP contribution >= 0.6 is 23.2 Å². The summed E-state index contributed by atoms with van der Waals surface area (Å²) in [7, 11) is 0. The molecule has 0 unspecified atom stereocenters. The summed E-state index contributed by atoms with van der Waals surface area (Å²) in [5, 5.41) is 9.93. The third-order valence-corrected chi connectivity index (χ3v) is 2.66. The zero-order valence-corrected chi connectivity index (χ0v) is 10.2. The molecule has 0 aliphatic heterocycles. The van der Waals surface area contributed by atoms with Crippen LogP contribution in [0.5, 0.6) is 11.5 Å². The number of hydrogen-bond acceptors (Lipinski definition) is 2. The van der Waals surface area contributed by atoms with Gasteiger partial charge >= 0.3 is 0 Å². The molecule has 2 aromatic carbocycles. The molecule has 0 spiro atoms. The Balaban J connectivity index is 2.37. The Kier molecular flexibility index (Phi) is 3.53. The van der Waals surface area contributed by atoms with Crippen LogP contribution < -0.4 is 4.74 Å². The van der Waals surface area contributed by atoms with Crippen molar-refractivity contribution in [1.29, 1.82) is 5.26 Å². The third-order valence-electron chi connectivity index (χ3n) is 2.11. The van der Waals surface area contributed by atoms with E-state index in [1.165, 1.54) is 0 Å². The first kappa shape index (κ1) is 11.8. The molecule has 0 amide bonds. The number of ether oxygens (including phenoxy) is 1. The predicted octanol–water partition coefficient (Wildman–Crippen LogP) is 4.66. The van der Waals surface area contributed by atoms with Crippen molar-refractivity contribution in [3.8, 4) is 17.6 Å². The molecule has 2 rings (SSSR count). The van der Waals surface area contributed by atoms with E-state index in [4.69, 9.17) is 33.2 Å². The standard InChI is InChI=1S/C13H7Cl2NO/c14-9-3-1-4-10(7-9)17-13-6-2-5-12(15)11(13)8-16/h1-7H. The lowest BCUT2D eigenvalue weighted by Crippen LogP contribution is -1.88. The van der Waals surface area contributed by atoms with E-state index in [0.29, 0.717) is 27.1 Å². The molecule has 0 N–H and O–H groups in total. The van der Waals surface area contributed by atoms with Crippen molar-refractivity contribution >= 4 is 23.2 Å². The Morgan fingerprint density at radius 1 is 1.06 bits per heavy atom. The Bertz CT molecular complexity index is 590. The number of hydrogen-bond donors (Lipinski definition) is 0. The third kappa shape index (κ3) is 2.71. The highest BCUT2D eigenvalue weighted by Crippen LogP contribution is 2.30. The molecule has 0 fully saturated rings. The van der Waals surface area contributed by atoms with Crippen LogP contribution in [-0.2, 0) is 0 Å². The Labute approximate surface area is 109 Å². The van der Waals surface area contributed by atoms with Crippen molar-refractivity contribution in [1.82, 2.24) is 0 Å². The van der Waals surface area contributed by atoms with Crippen molar-refractivity contribution in [2.75, 3.05) is 0 Å². The van der Waals surface area contributed by atoms with Crippen LogP contribution in [0.4, 0.5) is 0 Å².